The quantitative estimate of drug-likeness (QED) is 0.910. The zero-order valence-corrected chi connectivity index (χ0v) is 15.6. The van der Waals surface area contributed by atoms with Crippen molar-refractivity contribution in [1.82, 2.24) is 14.5 Å². The van der Waals surface area contributed by atoms with E-state index in [1.54, 1.807) is 16.4 Å². The van der Waals surface area contributed by atoms with E-state index in [1.165, 1.54) is 6.07 Å². The van der Waals surface area contributed by atoms with Crippen molar-refractivity contribution < 1.29 is 8.42 Å². The molecule has 1 aliphatic heterocycles. The molecule has 6 nitrogen and oxygen atoms in total. The molecule has 7 heteroatoms. The number of sulfonamides is 1. The summed E-state index contributed by atoms with van der Waals surface area (Å²) in [5.74, 6) is 0.369. The molecule has 1 N–H and O–H groups in total. The minimum absolute atomic E-state index is 0.289. The van der Waals surface area contributed by atoms with Crippen LogP contribution < -0.4 is 5.56 Å². The summed E-state index contributed by atoms with van der Waals surface area (Å²) in [5, 5.41) is 6.42. The summed E-state index contributed by atoms with van der Waals surface area (Å²) in [7, 11) is -3.55. The smallest absolute Gasteiger partial charge is 0.264 e. The molecule has 1 aromatic carbocycles. The van der Waals surface area contributed by atoms with Gasteiger partial charge in [0.05, 0.1) is 10.6 Å². The molecular formula is C18H23N3O3S. The van der Waals surface area contributed by atoms with E-state index in [0.717, 1.165) is 24.0 Å². The minimum atomic E-state index is -3.55. The molecule has 0 unspecified atom stereocenters. The zero-order valence-electron chi connectivity index (χ0n) is 14.7. The van der Waals surface area contributed by atoms with Crippen LogP contribution in [0, 0.1) is 19.8 Å². The van der Waals surface area contributed by atoms with Gasteiger partial charge in [-0.3, -0.25) is 4.79 Å². The van der Waals surface area contributed by atoms with Crippen molar-refractivity contribution in [3.8, 4) is 11.3 Å². The molecule has 0 spiro atoms. The molecule has 0 amide bonds. The van der Waals surface area contributed by atoms with Crippen LogP contribution in [0.5, 0.6) is 0 Å². The van der Waals surface area contributed by atoms with E-state index >= 15 is 0 Å². The molecule has 3 rings (SSSR count). The Hall–Kier alpha value is -1.99. The first-order valence-electron chi connectivity index (χ1n) is 8.46. The average Bonchev–Trinajstić information content (AvgIpc) is 2.57. The predicted octanol–water partition coefficient (Wildman–Crippen LogP) is 2.47. The lowest BCUT2D eigenvalue weighted by atomic mass is 10.0. The highest BCUT2D eigenvalue weighted by molar-refractivity contribution is 7.89. The Kier molecular flexibility index (Phi) is 4.79. The first-order valence-corrected chi connectivity index (χ1v) is 9.90. The number of nitrogens with zero attached hydrogens (tertiary/aromatic N) is 2. The fourth-order valence-corrected chi connectivity index (χ4v) is 5.17. The van der Waals surface area contributed by atoms with Gasteiger partial charge in [0.15, 0.2) is 0 Å². The van der Waals surface area contributed by atoms with Crippen LogP contribution in [0.3, 0.4) is 0 Å². The molecule has 0 radical (unpaired) electrons. The van der Waals surface area contributed by atoms with Gasteiger partial charge < -0.3 is 0 Å². The van der Waals surface area contributed by atoms with E-state index < -0.39 is 10.0 Å². The highest BCUT2D eigenvalue weighted by atomic mass is 32.2. The molecule has 1 aromatic heterocycles. The van der Waals surface area contributed by atoms with E-state index in [9.17, 15) is 13.2 Å². The summed E-state index contributed by atoms with van der Waals surface area (Å²) in [6.45, 7) is 6.93. The summed E-state index contributed by atoms with van der Waals surface area (Å²) >= 11 is 0. The number of hydrogen-bond donors (Lipinski definition) is 1. The number of H-pyrrole nitrogens is 1. The maximum atomic E-state index is 13.2. The molecule has 1 saturated heterocycles. The molecule has 1 aliphatic rings. The van der Waals surface area contributed by atoms with Crippen LogP contribution in [0.15, 0.2) is 34.0 Å². The van der Waals surface area contributed by atoms with Crippen LogP contribution in [0.25, 0.3) is 11.3 Å². The van der Waals surface area contributed by atoms with Gasteiger partial charge >= 0.3 is 0 Å². The summed E-state index contributed by atoms with van der Waals surface area (Å²) in [4.78, 5) is 11.5. The normalized spacial score (nSPS) is 19.1. The number of benzene rings is 1. The Balaban J connectivity index is 2.09. The van der Waals surface area contributed by atoms with Crippen molar-refractivity contribution in [1.29, 1.82) is 0 Å². The summed E-state index contributed by atoms with van der Waals surface area (Å²) < 4.78 is 28.0. The Morgan fingerprint density at radius 1 is 1.24 bits per heavy atom. The Bertz CT molecular complexity index is 930. The first-order chi connectivity index (χ1) is 11.8. The van der Waals surface area contributed by atoms with Crippen molar-refractivity contribution >= 4 is 10.0 Å². The summed E-state index contributed by atoms with van der Waals surface area (Å²) in [6.07, 6.45) is 1.95. The lowest BCUT2D eigenvalue weighted by molar-refractivity contribution is 0.281. The van der Waals surface area contributed by atoms with Crippen molar-refractivity contribution in [2.75, 3.05) is 13.1 Å². The third-order valence-electron chi connectivity index (χ3n) is 4.83. The van der Waals surface area contributed by atoms with Gasteiger partial charge in [-0.25, -0.2) is 13.5 Å². The highest BCUT2D eigenvalue weighted by Crippen LogP contribution is 2.30. The van der Waals surface area contributed by atoms with Crippen LogP contribution >= 0.6 is 0 Å². The maximum Gasteiger partial charge on any atom is 0.264 e. The Morgan fingerprint density at radius 2 is 2.00 bits per heavy atom. The molecule has 0 aliphatic carbocycles. The van der Waals surface area contributed by atoms with Crippen LogP contribution in [0.1, 0.15) is 30.9 Å². The number of aromatic amines is 1. The zero-order chi connectivity index (χ0) is 18.2. The topological polar surface area (TPSA) is 83.1 Å². The number of nitrogens with one attached hydrogen (secondary N) is 1. The fourth-order valence-electron chi connectivity index (χ4n) is 3.25. The van der Waals surface area contributed by atoms with Crippen molar-refractivity contribution in [2.45, 2.75) is 38.5 Å². The van der Waals surface area contributed by atoms with Crippen LogP contribution in [-0.4, -0.2) is 36.0 Å². The minimum Gasteiger partial charge on any atom is -0.268 e. The third-order valence-corrected chi connectivity index (χ3v) is 6.82. The fraction of sp³-hybridized carbons (Fsp3) is 0.444. The van der Waals surface area contributed by atoms with Gasteiger partial charge in [0.25, 0.3) is 5.56 Å². The predicted molar refractivity (Wildman–Crippen MR) is 96.9 cm³/mol. The SMILES string of the molecule is Cc1cc(-c2ccc(=O)[nH]n2)cc(S(=O)(=O)N2CCC[C@H](C)C2)c1C. The summed E-state index contributed by atoms with van der Waals surface area (Å²) in [5.41, 5.74) is 2.58. The molecule has 2 heterocycles. The van der Waals surface area contributed by atoms with Gasteiger partial charge in [0, 0.05) is 24.7 Å². The molecule has 0 saturated carbocycles. The van der Waals surface area contributed by atoms with Crippen molar-refractivity contribution in [3.63, 3.8) is 0 Å². The van der Waals surface area contributed by atoms with E-state index in [-0.39, 0.29) is 5.56 Å². The lowest BCUT2D eigenvalue weighted by Crippen LogP contribution is -2.39. The lowest BCUT2D eigenvalue weighted by Gasteiger charge is -2.30. The standard InChI is InChI=1S/C18H23N3O3S/c1-12-5-4-8-21(11-12)25(23,24)17-10-15(9-13(2)14(17)3)16-6-7-18(22)20-19-16/h6-7,9-10,12H,4-5,8,11H2,1-3H3,(H,20,22)/t12-/m0/s1. The second kappa shape index (κ2) is 6.72. The van der Waals surface area contributed by atoms with E-state index in [1.807, 2.05) is 19.9 Å². The number of aromatic nitrogens is 2. The molecule has 2 aromatic rings. The second-order valence-electron chi connectivity index (χ2n) is 6.83. The molecule has 134 valence electrons. The van der Waals surface area contributed by atoms with E-state index in [2.05, 4.69) is 17.1 Å². The number of hydrogen-bond acceptors (Lipinski definition) is 4. The van der Waals surface area contributed by atoms with Gasteiger partial charge in [-0.05, 0) is 61.9 Å². The molecule has 25 heavy (non-hydrogen) atoms. The largest absolute Gasteiger partial charge is 0.268 e. The monoisotopic (exact) mass is 361 g/mol. The van der Waals surface area contributed by atoms with Crippen LogP contribution in [-0.2, 0) is 10.0 Å². The van der Waals surface area contributed by atoms with E-state index in [0.29, 0.717) is 35.2 Å². The highest BCUT2D eigenvalue weighted by Gasteiger charge is 2.30. The van der Waals surface area contributed by atoms with Gasteiger partial charge in [0.1, 0.15) is 0 Å². The second-order valence-corrected chi connectivity index (χ2v) is 8.74. The molecule has 1 atom stereocenters. The van der Waals surface area contributed by atoms with Gasteiger partial charge in [-0.1, -0.05) is 6.92 Å². The summed E-state index contributed by atoms with van der Waals surface area (Å²) in [6, 6.07) is 6.55. The van der Waals surface area contributed by atoms with E-state index in [4.69, 9.17) is 0 Å². The number of piperidine rings is 1. The van der Waals surface area contributed by atoms with Crippen molar-refractivity contribution in [3.05, 3.63) is 45.7 Å². The van der Waals surface area contributed by atoms with Gasteiger partial charge in [-0.15, -0.1) is 0 Å². The third kappa shape index (κ3) is 3.52. The Morgan fingerprint density at radius 3 is 2.64 bits per heavy atom. The molecule has 1 fully saturated rings. The first kappa shape index (κ1) is 17.8. The van der Waals surface area contributed by atoms with Crippen LogP contribution in [0.2, 0.25) is 0 Å². The molecular weight excluding hydrogens is 338 g/mol. The Labute approximate surface area is 147 Å². The van der Waals surface area contributed by atoms with Gasteiger partial charge in [-0.2, -0.15) is 9.40 Å². The van der Waals surface area contributed by atoms with Gasteiger partial charge in [0.2, 0.25) is 10.0 Å². The maximum absolute atomic E-state index is 13.2. The number of rotatable bonds is 3. The average molecular weight is 361 g/mol. The van der Waals surface area contributed by atoms with Crippen molar-refractivity contribution in [2.24, 2.45) is 5.92 Å². The number of aryl methyl sites for hydroxylation is 1. The molecule has 0 bridgehead atoms. The van der Waals surface area contributed by atoms with Crippen LogP contribution in [0.4, 0.5) is 0 Å².